The van der Waals surface area contributed by atoms with E-state index < -0.39 is 10.8 Å². The summed E-state index contributed by atoms with van der Waals surface area (Å²) in [5.41, 5.74) is 0.762. The van der Waals surface area contributed by atoms with Gasteiger partial charge in [0.2, 0.25) is 0 Å². The van der Waals surface area contributed by atoms with Crippen molar-refractivity contribution in [1.29, 1.82) is 0 Å². The highest BCUT2D eigenvalue weighted by atomic mass is 32.1. The quantitative estimate of drug-likeness (QED) is 0.620. The van der Waals surface area contributed by atoms with Crippen molar-refractivity contribution < 1.29 is 14.5 Å². The first-order chi connectivity index (χ1) is 11.6. The summed E-state index contributed by atoms with van der Waals surface area (Å²) in [6, 6.07) is 4.32. The maximum absolute atomic E-state index is 12.6. The number of nitro benzene ring substituents is 1. The Morgan fingerprint density at radius 1 is 1.38 bits per heavy atom. The second-order valence-electron chi connectivity index (χ2n) is 5.27. The lowest BCUT2D eigenvalue weighted by Crippen LogP contribution is -2.37. The highest BCUT2D eigenvalue weighted by Crippen LogP contribution is 2.27. The standard InChI is InChI=1S/C15H16N4O4S/c1-17-6-9-24-15(17)16-14(20)12-10-11(19(21)22)2-3-13(12)18-4-7-23-8-5-18/h2-3,6,9-10H,4-5,7-8H2,1H3. The number of rotatable bonds is 3. The van der Waals surface area contributed by atoms with Crippen LogP contribution in [0.5, 0.6) is 0 Å². The molecule has 2 aromatic rings. The van der Waals surface area contributed by atoms with Gasteiger partial charge >= 0.3 is 0 Å². The van der Waals surface area contributed by atoms with Crippen LogP contribution in [-0.2, 0) is 11.8 Å². The number of aryl methyl sites for hydroxylation is 1. The lowest BCUT2D eigenvalue weighted by atomic mass is 10.1. The molecule has 8 nitrogen and oxygen atoms in total. The Balaban J connectivity index is 2.05. The summed E-state index contributed by atoms with van der Waals surface area (Å²) in [6.07, 6.45) is 1.80. The number of carbonyl (C=O) groups is 1. The molecule has 0 bridgehead atoms. The molecule has 24 heavy (non-hydrogen) atoms. The number of nitro groups is 1. The summed E-state index contributed by atoms with van der Waals surface area (Å²) < 4.78 is 7.06. The van der Waals surface area contributed by atoms with Crippen LogP contribution >= 0.6 is 11.3 Å². The van der Waals surface area contributed by atoms with E-state index in [4.69, 9.17) is 4.74 Å². The predicted molar refractivity (Wildman–Crippen MR) is 89.3 cm³/mol. The molecule has 0 aliphatic carbocycles. The molecular formula is C15H16N4O4S. The molecule has 1 fully saturated rings. The molecule has 0 N–H and O–H groups in total. The van der Waals surface area contributed by atoms with Gasteiger partial charge in [-0.15, -0.1) is 11.3 Å². The van der Waals surface area contributed by atoms with Crippen LogP contribution in [0.15, 0.2) is 34.8 Å². The number of carbonyl (C=O) groups excluding carboxylic acids is 1. The van der Waals surface area contributed by atoms with Crippen LogP contribution in [0.25, 0.3) is 0 Å². The van der Waals surface area contributed by atoms with E-state index in [1.165, 1.54) is 23.5 Å². The molecule has 0 unspecified atom stereocenters. The third-order valence-electron chi connectivity index (χ3n) is 3.73. The lowest BCUT2D eigenvalue weighted by molar-refractivity contribution is -0.384. The van der Waals surface area contributed by atoms with E-state index in [0.717, 1.165) is 0 Å². The fourth-order valence-electron chi connectivity index (χ4n) is 2.47. The summed E-state index contributed by atoms with van der Waals surface area (Å²) in [6.45, 7) is 2.37. The Hall–Kier alpha value is -2.52. The third kappa shape index (κ3) is 3.36. The average Bonchev–Trinajstić information content (AvgIpc) is 3.00. The summed E-state index contributed by atoms with van der Waals surface area (Å²) in [5, 5.41) is 12.9. The molecule has 1 aliphatic heterocycles. The van der Waals surface area contributed by atoms with Gasteiger partial charge in [-0.05, 0) is 6.07 Å². The lowest BCUT2D eigenvalue weighted by Gasteiger charge is -2.29. The Morgan fingerprint density at radius 2 is 2.12 bits per heavy atom. The van der Waals surface area contributed by atoms with Crippen molar-refractivity contribution in [2.24, 2.45) is 12.0 Å². The van der Waals surface area contributed by atoms with Gasteiger partial charge in [-0.1, -0.05) is 0 Å². The van der Waals surface area contributed by atoms with Gasteiger partial charge in [-0.2, -0.15) is 4.99 Å². The van der Waals surface area contributed by atoms with E-state index in [1.807, 2.05) is 10.3 Å². The molecule has 0 saturated carbocycles. The number of amides is 1. The SMILES string of the molecule is Cn1ccsc1=NC(=O)c1cc([N+](=O)[O-])ccc1N1CCOCC1. The van der Waals surface area contributed by atoms with Crippen LogP contribution in [-0.4, -0.2) is 41.7 Å². The molecule has 1 aromatic heterocycles. The van der Waals surface area contributed by atoms with Crippen LogP contribution < -0.4 is 9.70 Å². The van der Waals surface area contributed by atoms with Crippen LogP contribution in [0.1, 0.15) is 10.4 Å². The van der Waals surface area contributed by atoms with E-state index in [9.17, 15) is 14.9 Å². The van der Waals surface area contributed by atoms with Crippen molar-refractivity contribution in [3.63, 3.8) is 0 Å². The van der Waals surface area contributed by atoms with E-state index >= 15 is 0 Å². The van der Waals surface area contributed by atoms with E-state index in [0.29, 0.717) is 36.8 Å². The maximum atomic E-state index is 12.6. The zero-order chi connectivity index (χ0) is 17.1. The van der Waals surface area contributed by atoms with Gasteiger partial charge in [0.25, 0.3) is 11.6 Å². The Labute approximate surface area is 141 Å². The fraction of sp³-hybridized carbons (Fsp3) is 0.333. The van der Waals surface area contributed by atoms with Crippen molar-refractivity contribution in [3.8, 4) is 0 Å². The number of benzene rings is 1. The number of nitrogens with zero attached hydrogens (tertiary/aromatic N) is 4. The molecule has 0 atom stereocenters. The van der Waals surface area contributed by atoms with Crippen LogP contribution in [0.3, 0.4) is 0 Å². The average molecular weight is 348 g/mol. The van der Waals surface area contributed by atoms with E-state index in [1.54, 1.807) is 23.9 Å². The first-order valence-electron chi connectivity index (χ1n) is 7.36. The van der Waals surface area contributed by atoms with Gasteiger partial charge in [-0.25, -0.2) is 0 Å². The number of hydrogen-bond donors (Lipinski definition) is 0. The monoisotopic (exact) mass is 348 g/mol. The predicted octanol–water partition coefficient (Wildman–Crippen LogP) is 1.57. The Bertz CT molecular complexity index is 836. The number of aromatic nitrogens is 1. The first-order valence-corrected chi connectivity index (χ1v) is 8.24. The number of morpholine rings is 1. The van der Waals surface area contributed by atoms with Crippen molar-refractivity contribution >= 4 is 28.6 Å². The Morgan fingerprint density at radius 3 is 2.75 bits per heavy atom. The molecule has 126 valence electrons. The number of thiazole rings is 1. The number of non-ortho nitro benzene ring substituents is 1. The molecule has 1 saturated heterocycles. The highest BCUT2D eigenvalue weighted by molar-refractivity contribution is 7.07. The smallest absolute Gasteiger partial charge is 0.282 e. The van der Waals surface area contributed by atoms with Gasteiger partial charge < -0.3 is 14.2 Å². The summed E-state index contributed by atoms with van der Waals surface area (Å²) in [7, 11) is 1.79. The van der Waals surface area contributed by atoms with E-state index in [2.05, 4.69) is 4.99 Å². The topological polar surface area (TPSA) is 90.0 Å². The van der Waals surface area contributed by atoms with Crippen LogP contribution in [0.4, 0.5) is 11.4 Å². The van der Waals surface area contributed by atoms with Crippen LogP contribution in [0, 0.1) is 10.1 Å². The number of hydrogen-bond acceptors (Lipinski definition) is 6. The fourth-order valence-corrected chi connectivity index (χ4v) is 3.20. The second kappa shape index (κ2) is 6.93. The highest BCUT2D eigenvalue weighted by Gasteiger charge is 2.22. The van der Waals surface area contributed by atoms with Gasteiger partial charge in [0.1, 0.15) is 0 Å². The number of anilines is 1. The molecule has 0 radical (unpaired) electrons. The molecule has 9 heteroatoms. The second-order valence-corrected chi connectivity index (χ2v) is 6.14. The van der Waals surface area contributed by atoms with Gasteiger partial charge in [0, 0.05) is 43.8 Å². The van der Waals surface area contributed by atoms with Crippen molar-refractivity contribution in [1.82, 2.24) is 4.57 Å². The van der Waals surface area contributed by atoms with Crippen molar-refractivity contribution in [3.05, 3.63) is 50.3 Å². The largest absolute Gasteiger partial charge is 0.378 e. The summed E-state index contributed by atoms with van der Waals surface area (Å²) in [4.78, 5) is 29.8. The molecular weight excluding hydrogens is 332 g/mol. The van der Waals surface area contributed by atoms with Crippen molar-refractivity contribution in [2.75, 3.05) is 31.2 Å². The Kier molecular flexibility index (Phi) is 4.72. The molecule has 1 aliphatic rings. The minimum Gasteiger partial charge on any atom is -0.378 e. The van der Waals surface area contributed by atoms with E-state index in [-0.39, 0.29) is 11.3 Å². The molecule has 3 rings (SSSR count). The third-order valence-corrected chi connectivity index (χ3v) is 4.58. The van der Waals surface area contributed by atoms with Gasteiger partial charge in [-0.3, -0.25) is 14.9 Å². The summed E-state index contributed by atoms with van der Waals surface area (Å²) >= 11 is 1.33. The van der Waals surface area contributed by atoms with Gasteiger partial charge in [0.15, 0.2) is 4.80 Å². The molecule has 1 aromatic carbocycles. The normalized spacial score (nSPS) is 15.5. The molecule has 0 spiro atoms. The first kappa shape index (κ1) is 16.3. The minimum absolute atomic E-state index is 0.124. The maximum Gasteiger partial charge on any atom is 0.282 e. The van der Waals surface area contributed by atoms with Gasteiger partial charge in [0.05, 0.1) is 29.4 Å². The zero-order valence-corrected chi connectivity index (χ0v) is 13.9. The van der Waals surface area contributed by atoms with Crippen molar-refractivity contribution in [2.45, 2.75) is 0 Å². The van der Waals surface area contributed by atoms with Crippen LogP contribution in [0.2, 0.25) is 0 Å². The molecule has 1 amide bonds. The minimum atomic E-state index is -0.509. The number of ether oxygens (including phenoxy) is 1. The zero-order valence-electron chi connectivity index (χ0n) is 13.0. The summed E-state index contributed by atoms with van der Waals surface area (Å²) in [5.74, 6) is -0.488. The molecule has 2 heterocycles.